The van der Waals surface area contributed by atoms with Crippen LogP contribution in [0.25, 0.3) is 0 Å². The summed E-state index contributed by atoms with van der Waals surface area (Å²) in [6.07, 6.45) is 0. The first-order valence-electron chi connectivity index (χ1n) is 3.23. The van der Waals surface area contributed by atoms with Gasteiger partial charge in [-0.1, -0.05) is 0 Å². The number of hydroxylamine groups is 1. The lowest BCUT2D eigenvalue weighted by molar-refractivity contribution is 0.158. The fourth-order valence-corrected chi connectivity index (χ4v) is 0.846. The van der Waals surface area contributed by atoms with E-state index in [1.165, 1.54) is 0 Å². The Labute approximate surface area is 67.8 Å². The molecular formula is C7H8FNO3. The quantitative estimate of drug-likeness (QED) is 0.392. The summed E-state index contributed by atoms with van der Waals surface area (Å²) in [5, 5.41) is 26.2. The van der Waals surface area contributed by atoms with Gasteiger partial charge in [0.1, 0.15) is 5.75 Å². The monoisotopic (exact) mass is 173 g/mol. The molecule has 12 heavy (non-hydrogen) atoms. The topological polar surface area (TPSA) is 72.7 Å². The lowest BCUT2D eigenvalue weighted by Gasteiger charge is -2.05. The number of phenolic OH excluding ortho intramolecular Hbond substituents is 2. The van der Waals surface area contributed by atoms with Crippen LogP contribution in [0.5, 0.6) is 11.5 Å². The number of benzene rings is 1. The van der Waals surface area contributed by atoms with Crippen LogP contribution in [0, 0.1) is 5.82 Å². The third-order valence-electron chi connectivity index (χ3n) is 1.45. The van der Waals surface area contributed by atoms with Crippen LogP contribution in [0.1, 0.15) is 5.56 Å². The Morgan fingerprint density at radius 1 is 1.25 bits per heavy atom. The maximum Gasteiger partial charge on any atom is 0.173 e. The normalized spacial score (nSPS) is 10.2. The van der Waals surface area contributed by atoms with E-state index in [0.29, 0.717) is 0 Å². The second kappa shape index (κ2) is 3.38. The molecule has 5 heteroatoms. The molecule has 1 aromatic carbocycles. The molecule has 0 unspecified atom stereocenters. The third-order valence-corrected chi connectivity index (χ3v) is 1.45. The van der Waals surface area contributed by atoms with Gasteiger partial charge in [0.25, 0.3) is 0 Å². The fraction of sp³-hybridized carbons (Fsp3) is 0.143. The van der Waals surface area contributed by atoms with E-state index >= 15 is 0 Å². The van der Waals surface area contributed by atoms with Crippen LogP contribution in [0.3, 0.4) is 0 Å². The summed E-state index contributed by atoms with van der Waals surface area (Å²) in [4.78, 5) is 0. The molecule has 66 valence electrons. The van der Waals surface area contributed by atoms with Crippen molar-refractivity contribution in [1.29, 1.82) is 0 Å². The van der Waals surface area contributed by atoms with E-state index in [9.17, 15) is 4.39 Å². The zero-order chi connectivity index (χ0) is 9.14. The maximum absolute atomic E-state index is 12.9. The number of aromatic hydroxyl groups is 2. The van der Waals surface area contributed by atoms with Gasteiger partial charge in [-0.15, -0.1) is 0 Å². The molecule has 0 saturated carbocycles. The molecule has 1 aromatic rings. The molecule has 0 bridgehead atoms. The Hall–Kier alpha value is -1.33. The molecule has 0 aliphatic heterocycles. The molecule has 0 saturated heterocycles. The SMILES string of the molecule is ONCc1c(O)ccc(O)c1F. The predicted molar refractivity (Wildman–Crippen MR) is 38.4 cm³/mol. The molecule has 1 rings (SSSR count). The third kappa shape index (κ3) is 1.46. The van der Waals surface area contributed by atoms with Crippen molar-refractivity contribution >= 4 is 0 Å². The van der Waals surface area contributed by atoms with Crippen LogP contribution in [0.15, 0.2) is 12.1 Å². The summed E-state index contributed by atoms with van der Waals surface area (Å²) < 4.78 is 12.9. The number of hydrogen-bond acceptors (Lipinski definition) is 4. The number of rotatable bonds is 2. The summed E-state index contributed by atoms with van der Waals surface area (Å²) >= 11 is 0. The van der Waals surface area contributed by atoms with E-state index in [1.807, 2.05) is 0 Å². The zero-order valence-corrected chi connectivity index (χ0v) is 6.08. The second-order valence-corrected chi connectivity index (χ2v) is 2.23. The molecule has 0 aliphatic carbocycles. The molecule has 0 aliphatic rings. The van der Waals surface area contributed by atoms with Gasteiger partial charge in [0, 0.05) is 5.56 Å². The van der Waals surface area contributed by atoms with Gasteiger partial charge in [-0.2, -0.15) is 0 Å². The molecule has 0 radical (unpaired) electrons. The highest BCUT2D eigenvalue weighted by Gasteiger charge is 2.11. The average molecular weight is 173 g/mol. The van der Waals surface area contributed by atoms with E-state index < -0.39 is 11.6 Å². The summed E-state index contributed by atoms with van der Waals surface area (Å²) in [6, 6.07) is 2.18. The van der Waals surface area contributed by atoms with Gasteiger partial charge in [-0.05, 0) is 12.1 Å². The lowest BCUT2D eigenvalue weighted by Crippen LogP contribution is -2.08. The van der Waals surface area contributed by atoms with Crippen molar-refractivity contribution in [3.8, 4) is 11.5 Å². The Morgan fingerprint density at radius 2 is 1.83 bits per heavy atom. The van der Waals surface area contributed by atoms with Crippen LogP contribution in [-0.4, -0.2) is 15.4 Å². The van der Waals surface area contributed by atoms with E-state index in [0.717, 1.165) is 12.1 Å². The van der Waals surface area contributed by atoms with E-state index in [1.54, 1.807) is 5.48 Å². The Kier molecular flexibility index (Phi) is 2.47. The van der Waals surface area contributed by atoms with Crippen molar-refractivity contribution < 1.29 is 19.8 Å². The summed E-state index contributed by atoms with van der Waals surface area (Å²) in [5.74, 6) is -1.80. The minimum atomic E-state index is -0.934. The number of halogens is 1. The van der Waals surface area contributed by atoms with E-state index in [-0.39, 0.29) is 17.9 Å². The number of nitrogens with one attached hydrogen (secondary N) is 1. The minimum Gasteiger partial charge on any atom is -0.508 e. The molecule has 0 spiro atoms. The van der Waals surface area contributed by atoms with Crippen molar-refractivity contribution in [2.24, 2.45) is 0 Å². The Balaban J connectivity index is 3.14. The van der Waals surface area contributed by atoms with E-state index in [4.69, 9.17) is 15.4 Å². The maximum atomic E-state index is 12.9. The van der Waals surface area contributed by atoms with Crippen LogP contribution in [0.4, 0.5) is 4.39 Å². The Bertz CT molecular complexity index is 290. The molecule has 4 nitrogen and oxygen atoms in total. The van der Waals surface area contributed by atoms with Crippen LogP contribution < -0.4 is 5.48 Å². The largest absolute Gasteiger partial charge is 0.508 e. The zero-order valence-electron chi connectivity index (χ0n) is 6.08. The average Bonchev–Trinajstić information content (AvgIpc) is 2.06. The summed E-state index contributed by atoms with van der Waals surface area (Å²) in [5.41, 5.74) is 1.51. The highest BCUT2D eigenvalue weighted by molar-refractivity contribution is 5.40. The molecular weight excluding hydrogens is 165 g/mol. The second-order valence-electron chi connectivity index (χ2n) is 2.23. The molecule has 0 amide bonds. The first-order chi connectivity index (χ1) is 5.66. The summed E-state index contributed by atoms with van der Waals surface area (Å²) in [6.45, 7) is -0.258. The highest BCUT2D eigenvalue weighted by atomic mass is 19.1. The van der Waals surface area contributed by atoms with Crippen molar-refractivity contribution in [3.63, 3.8) is 0 Å². The summed E-state index contributed by atoms with van der Waals surface area (Å²) in [7, 11) is 0. The van der Waals surface area contributed by atoms with Crippen molar-refractivity contribution in [3.05, 3.63) is 23.5 Å². The predicted octanol–water partition coefficient (Wildman–Crippen LogP) is 0.716. The van der Waals surface area contributed by atoms with Gasteiger partial charge in [0.05, 0.1) is 6.54 Å². The van der Waals surface area contributed by atoms with Gasteiger partial charge in [0.15, 0.2) is 11.6 Å². The molecule has 0 aromatic heterocycles. The number of hydrogen-bond donors (Lipinski definition) is 4. The highest BCUT2D eigenvalue weighted by Crippen LogP contribution is 2.26. The molecule has 0 fully saturated rings. The molecule has 0 atom stereocenters. The first kappa shape index (κ1) is 8.76. The van der Waals surface area contributed by atoms with Crippen molar-refractivity contribution in [2.75, 3.05) is 0 Å². The van der Waals surface area contributed by atoms with Gasteiger partial charge in [-0.25, -0.2) is 9.87 Å². The Morgan fingerprint density at radius 3 is 2.42 bits per heavy atom. The van der Waals surface area contributed by atoms with Gasteiger partial charge in [0.2, 0.25) is 0 Å². The van der Waals surface area contributed by atoms with Gasteiger partial charge >= 0.3 is 0 Å². The van der Waals surface area contributed by atoms with Crippen molar-refractivity contribution in [2.45, 2.75) is 6.54 Å². The first-order valence-corrected chi connectivity index (χ1v) is 3.23. The van der Waals surface area contributed by atoms with Crippen LogP contribution >= 0.6 is 0 Å². The van der Waals surface area contributed by atoms with Crippen LogP contribution in [-0.2, 0) is 6.54 Å². The van der Waals surface area contributed by atoms with Crippen molar-refractivity contribution in [1.82, 2.24) is 5.48 Å². The molecule has 4 N–H and O–H groups in total. The number of phenols is 2. The molecule has 0 heterocycles. The lowest BCUT2D eigenvalue weighted by atomic mass is 10.2. The van der Waals surface area contributed by atoms with E-state index in [2.05, 4.69) is 0 Å². The fourth-order valence-electron chi connectivity index (χ4n) is 0.846. The smallest absolute Gasteiger partial charge is 0.173 e. The standard InChI is InChI=1S/C7H8FNO3/c8-7-4(3-9-12)5(10)1-2-6(7)11/h1-2,9-12H,3H2. The minimum absolute atomic E-state index is 0.169. The van der Waals surface area contributed by atoms with Crippen LogP contribution in [0.2, 0.25) is 0 Å². The van der Waals surface area contributed by atoms with Gasteiger partial charge < -0.3 is 15.4 Å². The van der Waals surface area contributed by atoms with Gasteiger partial charge in [-0.3, -0.25) is 0 Å².